The van der Waals surface area contributed by atoms with Crippen LogP contribution >= 0.6 is 0 Å². The normalized spacial score (nSPS) is 19.2. The summed E-state index contributed by atoms with van der Waals surface area (Å²) in [6, 6.07) is 12.2. The van der Waals surface area contributed by atoms with Crippen LogP contribution in [0, 0.1) is 0 Å². The van der Waals surface area contributed by atoms with Crippen molar-refractivity contribution >= 4 is 15.9 Å². The number of aromatic nitrogens is 1. The number of benzene rings is 1. The summed E-state index contributed by atoms with van der Waals surface area (Å²) in [7, 11) is -3.73. The number of hydrogen-bond acceptors (Lipinski definition) is 7. The molecular formula is C22H23N3O6S. The third kappa shape index (κ3) is 3.64. The third-order valence-corrected chi connectivity index (χ3v) is 7.67. The van der Waals surface area contributed by atoms with Crippen molar-refractivity contribution in [1.82, 2.24) is 14.2 Å². The van der Waals surface area contributed by atoms with Crippen molar-refractivity contribution < 1.29 is 27.8 Å². The highest BCUT2D eigenvalue weighted by atomic mass is 32.2. The quantitative estimate of drug-likeness (QED) is 0.661. The highest BCUT2D eigenvalue weighted by molar-refractivity contribution is 7.89. The summed E-state index contributed by atoms with van der Waals surface area (Å²) in [5.41, 5.74) is 2.88. The van der Waals surface area contributed by atoms with Gasteiger partial charge in [0.25, 0.3) is 15.9 Å². The van der Waals surface area contributed by atoms with Crippen molar-refractivity contribution in [3.63, 3.8) is 0 Å². The van der Waals surface area contributed by atoms with Crippen LogP contribution in [0.4, 0.5) is 0 Å². The molecule has 4 heterocycles. The Morgan fingerprint density at radius 1 is 1.00 bits per heavy atom. The number of carbonyl (C=O) groups is 1. The molecular weight excluding hydrogens is 434 g/mol. The predicted octanol–water partition coefficient (Wildman–Crippen LogP) is 0.772. The molecule has 0 unspecified atom stereocenters. The summed E-state index contributed by atoms with van der Waals surface area (Å²) in [5, 5.41) is 9.64. The van der Waals surface area contributed by atoms with Gasteiger partial charge >= 0.3 is 0 Å². The minimum atomic E-state index is -3.73. The van der Waals surface area contributed by atoms with Gasteiger partial charge in [-0.25, -0.2) is 8.42 Å². The number of likely N-dealkylation sites (tertiary alicyclic amines) is 1. The van der Waals surface area contributed by atoms with Crippen molar-refractivity contribution in [3.05, 3.63) is 59.2 Å². The molecule has 2 saturated heterocycles. The fourth-order valence-corrected chi connectivity index (χ4v) is 5.34. The molecule has 0 saturated carbocycles. The van der Waals surface area contributed by atoms with Crippen LogP contribution in [0.25, 0.3) is 0 Å². The number of carbonyl (C=O) groups excluding carboxylic acids is 1. The lowest BCUT2D eigenvalue weighted by Gasteiger charge is -2.42. The van der Waals surface area contributed by atoms with Gasteiger partial charge in [-0.05, 0) is 28.8 Å². The third-order valence-electron chi connectivity index (χ3n) is 5.98. The summed E-state index contributed by atoms with van der Waals surface area (Å²) in [5.74, 6) is -0.0615. The molecule has 0 bridgehead atoms. The first-order valence-electron chi connectivity index (χ1n) is 10.4. The van der Waals surface area contributed by atoms with E-state index in [1.807, 2.05) is 30.3 Å². The van der Waals surface area contributed by atoms with Crippen molar-refractivity contribution in [1.29, 1.82) is 0 Å². The van der Waals surface area contributed by atoms with Crippen molar-refractivity contribution in [2.45, 2.75) is 10.9 Å². The molecule has 0 aliphatic carbocycles. The zero-order valence-corrected chi connectivity index (χ0v) is 18.1. The Hall–Kier alpha value is -2.95. The molecule has 1 N–H and O–H groups in total. The molecule has 2 aromatic rings. The molecule has 2 fully saturated rings. The van der Waals surface area contributed by atoms with E-state index in [4.69, 9.17) is 9.47 Å². The van der Waals surface area contributed by atoms with Gasteiger partial charge in [0.15, 0.2) is 10.8 Å². The predicted molar refractivity (Wildman–Crippen MR) is 114 cm³/mol. The van der Waals surface area contributed by atoms with E-state index in [2.05, 4.69) is 4.98 Å². The first-order valence-corrected chi connectivity index (χ1v) is 11.8. The van der Waals surface area contributed by atoms with E-state index in [0.29, 0.717) is 32.1 Å². The number of pyridine rings is 1. The van der Waals surface area contributed by atoms with Gasteiger partial charge in [-0.1, -0.05) is 30.3 Å². The lowest BCUT2D eigenvalue weighted by Crippen LogP contribution is -2.52. The second-order valence-corrected chi connectivity index (χ2v) is 9.85. The molecule has 32 heavy (non-hydrogen) atoms. The van der Waals surface area contributed by atoms with Crippen LogP contribution in [0.15, 0.2) is 58.6 Å². The summed E-state index contributed by atoms with van der Waals surface area (Å²) in [4.78, 5) is 18.6. The van der Waals surface area contributed by atoms with Gasteiger partial charge in [0.1, 0.15) is 13.2 Å². The average Bonchev–Trinajstić information content (AvgIpc) is 2.75. The molecule has 3 aliphatic rings. The standard InChI is InChI=1S/C22H23N3O6S/c26-14-18(15-4-2-1-3-5-15)22(27)24-10-16(11-24)17-12-25(13-17)32(28,29)20-7-6-19-21(23-20)31-9-8-30-19/h1-7,18,26H,8-14H2/t18-/m1/s1. The van der Waals surface area contributed by atoms with Crippen LogP contribution in [0.5, 0.6) is 11.6 Å². The number of aliphatic hydroxyl groups is 1. The molecule has 0 radical (unpaired) electrons. The molecule has 9 nitrogen and oxygen atoms in total. The second-order valence-electron chi connectivity index (χ2n) is 7.97. The first kappa shape index (κ1) is 20.9. The minimum absolute atomic E-state index is 0.0649. The lowest BCUT2D eigenvalue weighted by atomic mass is 9.92. The Balaban J connectivity index is 1.21. The maximum absolute atomic E-state index is 12.9. The maximum atomic E-state index is 12.9. The van der Waals surface area contributed by atoms with E-state index in [1.54, 1.807) is 11.0 Å². The molecule has 1 aromatic heterocycles. The van der Waals surface area contributed by atoms with Crippen LogP contribution in [0.3, 0.4) is 0 Å². The number of aliphatic hydroxyl groups excluding tert-OH is 1. The molecule has 168 valence electrons. The number of fused-ring (bicyclic) bond motifs is 1. The molecule has 1 aromatic carbocycles. The first-order chi connectivity index (χ1) is 15.5. The van der Waals surface area contributed by atoms with E-state index in [9.17, 15) is 18.3 Å². The Morgan fingerprint density at radius 3 is 2.41 bits per heavy atom. The van der Waals surface area contributed by atoms with E-state index in [-0.39, 0.29) is 36.5 Å². The van der Waals surface area contributed by atoms with Crippen LogP contribution in [0.1, 0.15) is 11.5 Å². The summed E-state index contributed by atoms with van der Waals surface area (Å²) in [6.45, 7) is 2.00. The van der Waals surface area contributed by atoms with E-state index >= 15 is 0 Å². The largest absolute Gasteiger partial charge is 0.484 e. The molecule has 1 atom stereocenters. The number of amides is 1. The fourth-order valence-electron chi connectivity index (χ4n) is 3.99. The Morgan fingerprint density at radius 2 is 1.69 bits per heavy atom. The van der Waals surface area contributed by atoms with Gasteiger partial charge in [-0.15, -0.1) is 0 Å². The van der Waals surface area contributed by atoms with Gasteiger partial charge in [-0.2, -0.15) is 9.29 Å². The topological polar surface area (TPSA) is 109 Å². The number of nitrogens with zero attached hydrogens (tertiary/aromatic N) is 3. The molecule has 10 heteroatoms. The zero-order valence-electron chi connectivity index (χ0n) is 17.3. The maximum Gasteiger partial charge on any atom is 0.261 e. The number of hydrogen-bond donors (Lipinski definition) is 1. The van der Waals surface area contributed by atoms with E-state index < -0.39 is 15.9 Å². The van der Waals surface area contributed by atoms with E-state index in [0.717, 1.165) is 16.7 Å². The van der Waals surface area contributed by atoms with Crippen LogP contribution in [-0.4, -0.2) is 79.6 Å². The summed E-state index contributed by atoms with van der Waals surface area (Å²) >= 11 is 0. The average molecular weight is 458 g/mol. The number of ether oxygens (including phenoxy) is 2. The number of sulfonamides is 1. The van der Waals surface area contributed by atoms with Crippen molar-refractivity contribution in [2.75, 3.05) is 46.0 Å². The minimum Gasteiger partial charge on any atom is -0.484 e. The Bertz CT molecular complexity index is 1170. The van der Waals surface area contributed by atoms with Crippen LogP contribution in [-0.2, 0) is 14.8 Å². The Kier molecular flexibility index (Phi) is 5.36. The molecule has 1 amide bonds. The van der Waals surface area contributed by atoms with E-state index in [1.165, 1.54) is 10.4 Å². The second kappa shape index (κ2) is 8.19. The summed E-state index contributed by atoms with van der Waals surface area (Å²) in [6.07, 6.45) is 0. The number of rotatable bonds is 5. The Labute approximate surface area is 185 Å². The van der Waals surface area contributed by atoms with Gasteiger partial charge in [0, 0.05) is 26.2 Å². The lowest BCUT2D eigenvalue weighted by molar-refractivity contribution is -0.135. The highest BCUT2D eigenvalue weighted by Gasteiger charge is 2.40. The molecule has 5 rings (SSSR count). The van der Waals surface area contributed by atoms with Crippen molar-refractivity contribution in [2.24, 2.45) is 0 Å². The smallest absolute Gasteiger partial charge is 0.261 e. The van der Waals surface area contributed by atoms with Crippen molar-refractivity contribution in [3.8, 4) is 11.6 Å². The zero-order chi connectivity index (χ0) is 22.3. The molecule has 0 spiro atoms. The molecule has 3 aliphatic heterocycles. The summed E-state index contributed by atoms with van der Waals surface area (Å²) < 4.78 is 37.9. The highest BCUT2D eigenvalue weighted by Crippen LogP contribution is 2.34. The van der Waals surface area contributed by atoms with Crippen LogP contribution < -0.4 is 9.47 Å². The SMILES string of the molecule is O=C([C@H](CO)c1ccccc1)N1CC(=C2CN(S(=O)(=O)c3ccc4c(n3)OCCO4)C2)C1. The van der Waals surface area contributed by atoms with Gasteiger partial charge in [0.05, 0.1) is 12.5 Å². The fraction of sp³-hybridized carbons (Fsp3) is 0.364. The van der Waals surface area contributed by atoms with Gasteiger partial charge in [0.2, 0.25) is 5.91 Å². The van der Waals surface area contributed by atoms with Crippen LogP contribution in [0.2, 0.25) is 0 Å². The van der Waals surface area contributed by atoms with Gasteiger partial charge < -0.3 is 19.5 Å². The monoisotopic (exact) mass is 457 g/mol. The van der Waals surface area contributed by atoms with Gasteiger partial charge in [-0.3, -0.25) is 4.79 Å².